The van der Waals surface area contributed by atoms with Crippen molar-refractivity contribution in [1.29, 1.82) is 0 Å². The molecule has 1 aliphatic carbocycles. The van der Waals surface area contributed by atoms with E-state index in [1.54, 1.807) is 0 Å². The van der Waals surface area contributed by atoms with Crippen LogP contribution in [0.1, 0.15) is 31.7 Å². The van der Waals surface area contributed by atoms with Crippen molar-refractivity contribution in [3.8, 4) is 0 Å². The molecule has 0 aromatic heterocycles. The molecule has 2 atom stereocenters. The maximum absolute atomic E-state index is 13.5. The van der Waals surface area contributed by atoms with Crippen molar-refractivity contribution in [3.63, 3.8) is 0 Å². The monoisotopic (exact) mass is 313 g/mol. The van der Waals surface area contributed by atoms with Gasteiger partial charge in [0, 0.05) is 0 Å². The van der Waals surface area contributed by atoms with Gasteiger partial charge in [0.05, 0.1) is 4.47 Å². The summed E-state index contributed by atoms with van der Waals surface area (Å²) in [6.45, 7) is 4.29. The molecule has 1 saturated carbocycles. The van der Waals surface area contributed by atoms with Crippen molar-refractivity contribution in [3.05, 3.63) is 34.1 Å². The molecule has 0 bridgehead atoms. The Bertz CT molecular complexity index is 394. The molecule has 1 fully saturated rings. The summed E-state index contributed by atoms with van der Waals surface area (Å²) in [5.41, 5.74) is 1.11. The molecule has 1 aromatic rings. The van der Waals surface area contributed by atoms with Gasteiger partial charge in [-0.3, -0.25) is 0 Å². The van der Waals surface area contributed by atoms with E-state index in [-0.39, 0.29) is 5.82 Å². The number of benzene rings is 1. The maximum atomic E-state index is 13.5. The van der Waals surface area contributed by atoms with Gasteiger partial charge in [-0.15, -0.1) is 0 Å². The van der Waals surface area contributed by atoms with Crippen molar-refractivity contribution in [2.45, 2.75) is 32.6 Å². The van der Waals surface area contributed by atoms with Crippen LogP contribution in [-0.2, 0) is 6.42 Å². The third-order valence-corrected chi connectivity index (χ3v) is 4.87. The zero-order chi connectivity index (χ0) is 13.0. The zero-order valence-electron chi connectivity index (χ0n) is 10.9. The Morgan fingerprint density at radius 1 is 1.33 bits per heavy atom. The third-order valence-electron chi connectivity index (χ3n) is 3.99. The van der Waals surface area contributed by atoms with Crippen LogP contribution in [-0.4, -0.2) is 13.1 Å². The number of nitrogens with one attached hydrogen (secondary N) is 1. The second kappa shape index (κ2) is 6.67. The van der Waals surface area contributed by atoms with Crippen LogP contribution in [0.3, 0.4) is 0 Å². The standard InChI is InChI=1S/C15H21BrFN/c1-2-18-10-13-7-3-5-11(13)9-12-6-4-8-14(17)15(12)16/h4,6,8,11,13,18H,2-3,5,7,9-10H2,1H3. The van der Waals surface area contributed by atoms with Crippen molar-refractivity contribution in [2.75, 3.05) is 13.1 Å². The first kappa shape index (κ1) is 14.0. The van der Waals surface area contributed by atoms with Gasteiger partial charge in [0.1, 0.15) is 5.82 Å². The molecule has 0 aliphatic heterocycles. The Morgan fingerprint density at radius 3 is 2.89 bits per heavy atom. The Kier molecular flexibility index (Phi) is 5.19. The number of hydrogen-bond donors (Lipinski definition) is 1. The molecule has 2 unspecified atom stereocenters. The summed E-state index contributed by atoms with van der Waals surface area (Å²) in [5.74, 6) is 1.30. The lowest BCUT2D eigenvalue weighted by atomic mass is 9.89. The molecule has 0 heterocycles. The van der Waals surface area contributed by atoms with E-state index in [2.05, 4.69) is 28.2 Å². The highest BCUT2D eigenvalue weighted by molar-refractivity contribution is 9.10. The van der Waals surface area contributed by atoms with Crippen molar-refractivity contribution < 1.29 is 4.39 Å². The molecule has 100 valence electrons. The third kappa shape index (κ3) is 3.33. The van der Waals surface area contributed by atoms with Crippen LogP contribution in [0.2, 0.25) is 0 Å². The Balaban J connectivity index is 2.01. The average molecular weight is 314 g/mol. The lowest BCUT2D eigenvalue weighted by Crippen LogP contribution is -2.26. The lowest BCUT2D eigenvalue weighted by Gasteiger charge is -2.20. The SMILES string of the molecule is CCNCC1CCCC1Cc1cccc(F)c1Br. The van der Waals surface area contributed by atoms with Gasteiger partial charge in [-0.25, -0.2) is 4.39 Å². The second-order valence-corrected chi connectivity index (χ2v) is 5.97. The molecule has 1 aromatic carbocycles. The largest absolute Gasteiger partial charge is 0.317 e. The van der Waals surface area contributed by atoms with Crippen molar-refractivity contribution >= 4 is 15.9 Å². The van der Waals surface area contributed by atoms with Crippen molar-refractivity contribution in [2.24, 2.45) is 11.8 Å². The molecule has 0 amide bonds. The fraction of sp³-hybridized carbons (Fsp3) is 0.600. The molecule has 0 radical (unpaired) electrons. The van der Waals surface area contributed by atoms with Gasteiger partial charge >= 0.3 is 0 Å². The minimum Gasteiger partial charge on any atom is -0.317 e. The summed E-state index contributed by atoms with van der Waals surface area (Å²) in [7, 11) is 0. The fourth-order valence-electron chi connectivity index (χ4n) is 2.97. The highest BCUT2D eigenvalue weighted by Gasteiger charge is 2.27. The summed E-state index contributed by atoms with van der Waals surface area (Å²) in [5, 5.41) is 3.45. The van der Waals surface area contributed by atoms with E-state index in [0.29, 0.717) is 10.4 Å². The first-order chi connectivity index (χ1) is 8.72. The molecule has 1 aliphatic rings. The van der Waals surface area contributed by atoms with E-state index in [1.807, 2.05) is 12.1 Å². The van der Waals surface area contributed by atoms with Crippen LogP contribution in [0.4, 0.5) is 4.39 Å². The van der Waals surface area contributed by atoms with E-state index in [9.17, 15) is 4.39 Å². The highest BCUT2D eigenvalue weighted by atomic mass is 79.9. The highest BCUT2D eigenvalue weighted by Crippen LogP contribution is 2.35. The van der Waals surface area contributed by atoms with Crippen molar-refractivity contribution in [1.82, 2.24) is 5.32 Å². The van der Waals surface area contributed by atoms with Gasteiger partial charge in [0.15, 0.2) is 0 Å². The molecule has 3 heteroatoms. The predicted octanol–water partition coefficient (Wildman–Crippen LogP) is 4.16. The summed E-state index contributed by atoms with van der Waals surface area (Å²) in [6, 6.07) is 5.36. The van der Waals surface area contributed by atoms with E-state index in [4.69, 9.17) is 0 Å². The normalized spacial score (nSPS) is 23.5. The van der Waals surface area contributed by atoms with Crippen LogP contribution < -0.4 is 5.32 Å². The average Bonchev–Trinajstić information content (AvgIpc) is 2.80. The summed E-state index contributed by atoms with van der Waals surface area (Å²) in [4.78, 5) is 0. The second-order valence-electron chi connectivity index (χ2n) is 5.18. The van der Waals surface area contributed by atoms with Gasteiger partial charge in [-0.1, -0.05) is 25.5 Å². The van der Waals surface area contributed by atoms with E-state index < -0.39 is 0 Å². The van der Waals surface area contributed by atoms with Crippen LogP contribution >= 0.6 is 15.9 Å². The fourth-order valence-corrected chi connectivity index (χ4v) is 3.40. The van der Waals surface area contributed by atoms with E-state index in [1.165, 1.54) is 25.3 Å². The number of hydrogen-bond acceptors (Lipinski definition) is 1. The minimum atomic E-state index is -0.145. The summed E-state index contributed by atoms with van der Waals surface area (Å²) >= 11 is 3.37. The molecule has 0 spiro atoms. The first-order valence-corrected chi connectivity index (χ1v) is 7.65. The Hall–Kier alpha value is -0.410. The van der Waals surface area contributed by atoms with Gasteiger partial charge in [0.25, 0.3) is 0 Å². The number of rotatable bonds is 5. The first-order valence-electron chi connectivity index (χ1n) is 6.86. The molecule has 1 N–H and O–H groups in total. The topological polar surface area (TPSA) is 12.0 Å². The molecule has 18 heavy (non-hydrogen) atoms. The zero-order valence-corrected chi connectivity index (χ0v) is 12.5. The molecule has 0 saturated heterocycles. The molecular formula is C15H21BrFN. The van der Waals surface area contributed by atoms with Crippen LogP contribution in [0.15, 0.2) is 22.7 Å². The van der Waals surface area contributed by atoms with Gasteiger partial charge in [-0.05, 0) is 71.7 Å². The summed E-state index contributed by atoms with van der Waals surface area (Å²) < 4.78 is 14.1. The smallest absolute Gasteiger partial charge is 0.137 e. The Labute approximate surface area is 117 Å². The quantitative estimate of drug-likeness (QED) is 0.860. The van der Waals surface area contributed by atoms with Crippen LogP contribution in [0.5, 0.6) is 0 Å². The maximum Gasteiger partial charge on any atom is 0.137 e. The lowest BCUT2D eigenvalue weighted by molar-refractivity contribution is 0.367. The van der Waals surface area contributed by atoms with E-state index in [0.717, 1.165) is 31.0 Å². The summed E-state index contributed by atoms with van der Waals surface area (Å²) in [6.07, 6.45) is 4.89. The van der Waals surface area contributed by atoms with Crippen LogP contribution in [0, 0.1) is 17.7 Å². The predicted molar refractivity (Wildman–Crippen MR) is 77.2 cm³/mol. The molecule has 1 nitrogen and oxygen atoms in total. The van der Waals surface area contributed by atoms with Crippen LogP contribution in [0.25, 0.3) is 0 Å². The van der Waals surface area contributed by atoms with Gasteiger partial charge < -0.3 is 5.32 Å². The minimum absolute atomic E-state index is 0.145. The van der Waals surface area contributed by atoms with Gasteiger partial charge in [-0.2, -0.15) is 0 Å². The number of halogens is 2. The van der Waals surface area contributed by atoms with Gasteiger partial charge in [0.2, 0.25) is 0 Å². The molecule has 2 rings (SSSR count). The Morgan fingerprint density at radius 2 is 2.11 bits per heavy atom. The van der Waals surface area contributed by atoms with E-state index >= 15 is 0 Å². The molecular weight excluding hydrogens is 293 g/mol.